The molecule has 0 saturated carbocycles. The van der Waals surface area contributed by atoms with E-state index in [9.17, 15) is 4.79 Å². The summed E-state index contributed by atoms with van der Waals surface area (Å²) in [4.78, 5) is 15.1. The number of para-hydroxylation sites is 1. The molecule has 0 aliphatic rings. The minimum atomic E-state index is -0.0877. The number of hydrogen-bond donors (Lipinski definition) is 1. The minimum absolute atomic E-state index is 0.0877. The van der Waals surface area contributed by atoms with Crippen LogP contribution in [0, 0.1) is 6.92 Å². The minimum Gasteiger partial charge on any atom is -0.334 e. The number of rotatable bonds is 5. The number of carbonyl (C=O) groups is 1. The van der Waals surface area contributed by atoms with Gasteiger partial charge in [-0.05, 0) is 36.1 Å². The van der Waals surface area contributed by atoms with E-state index in [1.54, 1.807) is 27.1 Å². The first kappa shape index (κ1) is 16.3. The van der Waals surface area contributed by atoms with Crippen molar-refractivity contribution in [1.82, 2.24) is 20.0 Å². The van der Waals surface area contributed by atoms with Crippen LogP contribution < -0.4 is 5.32 Å². The maximum atomic E-state index is 12.2. The molecule has 0 fully saturated rings. The third-order valence-corrected chi connectivity index (χ3v) is 4.80. The summed E-state index contributed by atoms with van der Waals surface area (Å²) >= 11 is 1.68. The van der Waals surface area contributed by atoms with E-state index in [1.165, 1.54) is 10.4 Å². The lowest BCUT2D eigenvalue weighted by Crippen LogP contribution is -2.36. The molecule has 0 atom stereocenters. The van der Waals surface area contributed by atoms with E-state index in [4.69, 9.17) is 0 Å². The van der Waals surface area contributed by atoms with Gasteiger partial charge in [0.2, 0.25) is 0 Å². The van der Waals surface area contributed by atoms with Crippen molar-refractivity contribution < 1.29 is 4.79 Å². The van der Waals surface area contributed by atoms with Crippen molar-refractivity contribution in [2.75, 3.05) is 7.05 Å². The molecule has 2 heterocycles. The number of aromatic nitrogens is 2. The normalized spacial score (nSPS) is 10.6. The number of carbonyl (C=O) groups excluding carboxylic acids is 1. The summed E-state index contributed by atoms with van der Waals surface area (Å²) < 4.78 is 1.81. The van der Waals surface area contributed by atoms with E-state index in [2.05, 4.69) is 23.4 Å². The highest BCUT2D eigenvalue weighted by Crippen LogP contribution is 2.17. The first-order chi connectivity index (χ1) is 11.6. The molecule has 0 saturated heterocycles. The van der Waals surface area contributed by atoms with E-state index in [-0.39, 0.29) is 6.03 Å². The van der Waals surface area contributed by atoms with Crippen LogP contribution in [0.3, 0.4) is 0 Å². The number of hydrogen-bond acceptors (Lipinski definition) is 3. The van der Waals surface area contributed by atoms with Crippen molar-refractivity contribution in [3.63, 3.8) is 0 Å². The maximum absolute atomic E-state index is 12.2. The SMILES string of the molecule is Cc1ccsc1CN(C)C(=O)NCc1cnn(-c2ccccc2)c1. The second kappa shape index (κ2) is 7.31. The van der Waals surface area contributed by atoms with Gasteiger partial charge in [-0.25, -0.2) is 9.48 Å². The lowest BCUT2D eigenvalue weighted by atomic mass is 10.3. The van der Waals surface area contributed by atoms with Gasteiger partial charge >= 0.3 is 6.03 Å². The first-order valence-corrected chi connectivity index (χ1v) is 8.62. The zero-order valence-corrected chi connectivity index (χ0v) is 14.6. The van der Waals surface area contributed by atoms with Gasteiger partial charge in [0.25, 0.3) is 0 Å². The third kappa shape index (κ3) is 3.83. The van der Waals surface area contributed by atoms with Crippen LogP contribution in [0.25, 0.3) is 5.69 Å². The summed E-state index contributed by atoms with van der Waals surface area (Å²) in [5, 5.41) is 9.32. The predicted molar refractivity (Wildman–Crippen MR) is 96.3 cm³/mol. The third-order valence-electron chi connectivity index (χ3n) is 3.80. The van der Waals surface area contributed by atoms with Gasteiger partial charge in [0.15, 0.2) is 0 Å². The van der Waals surface area contributed by atoms with Crippen LogP contribution in [-0.2, 0) is 13.1 Å². The van der Waals surface area contributed by atoms with Crippen LogP contribution in [-0.4, -0.2) is 27.8 Å². The number of nitrogens with one attached hydrogen (secondary N) is 1. The van der Waals surface area contributed by atoms with Gasteiger partial charge in [0.05, 0.1) is 18.4 Å². The standard InChI is InChI=1S/C18H20N4OS/c1-14-8-9-24-17(14)13-21(2)18(23)19-10-15-11-20-22(12-15)16-6-4-3-5-7-16/h3-9,11-12H,10,13H2,1-2H3,(H,19,23). The summed E-state index contributed by atoms with van der Waals surface area (Å²) in [6, 6.07) is 11.9. The van der Waals surface area contributed by atoms with Crippen LogP contribution in [0.2, 0.25) is 0 Å². The Kier molecular flexibility index (Phi) is 4.96. The van der Waals surface area contributed by atoms with Crippen molar-refractivity contribution in [3.05, 3.63) is 70.2 Å². The highest BCUT2D eigenvalue weighted by Gasteiger charge is 2.11. The molecule has 2 aromatic heterocycles. The predicted octanol–water partition coefficient (Wildman–Crippen LogP) is 3.58. The summed E-state index contributed by atoms with van der Waals surface area (Å²) in [6.07, 6.45) is 3.70. The smallest absolute Gasteiger partial charge is 0.317 e. The lowest BCUT2D eigenvalue weighted by molar-refractivity contribution is 0.207. The number of nitrogens with zero attached hydrogens (tertiary/aromatic N) is 3. The Morgan fingerprint density at radius 3 is 2.79 bits per heavy atom. The molecule has 3 rings (SSSR count). The highest BCUT2D eigenvalue weighted by molar-refractivity contribution is 7.10. The summed E-state index contributed by atoms with van der Waals surface area (Å²) in [7, 11) is 1.81. The van der Waals surface area contributed by atoms with Crippen LogP contribution in [0.5, 0.6) is 0 Å². The molecule has 24 heavy (non-hydrogen) atoms. The topological polar surface area (TPSA) is 50.2 Å². The number of thiophene rings is 1. The Morgan fingerprint density at radius 1 is 1.29 bits per heavy atom. The first-order valence-electron chi connectivity index (χ1n) is 7.74. The fourth-order valence-corrected chi connectivity index (χ4v) is 3.30. The van der Waals surface area contributed by atoms with E-state index in [0.29, 0.717) is 13.1 Å². The zero-order valence-electron chi connectivity index (χ0n) is 13.8. The van der Waals surface area contributed by atoms with Gasteiger partial charge in [-0.3, -0.25) is 0 Å². The number of urea groups is 1. The van der Waals surface area contributed by atoms with E-state index < -0.39 is 0 Å². The molecule has 1 N–H and O–H groups in total. The van der Waals surface area contributed by atoms with Crippen LogP contribution >= 0.6 is 11.3 Å². The number of benzene rings is 1. The summed E-state index contributed by atoms with van der Waals surface area (Å²) in [6.45, 7) is 3.15. The largest absolute Gasteiger partial charge is 0.334 e. The average molecular weight is 340 g/mol. The molecule has 0 spiro atoms. The molecule has 0 aliphatic heterocycles. The average Bonchev–Trinajstić information content (AvgIpc) is 3.23. The molecular weight excluding hydrogens is 320 g/mol. The van der Waals surface area contributed by atoms with Gasteiger partial charge in [-0.15, -0.1) is 11.3 Å². The van der Waals surface area contributed by atoms with E-state index in [0.717, 1.165) is 11.3 Å². The quantitative estimate of drug-likeness (QED) is 0.772. The van der Waals surface area contributed by atoms with Crippen LogP contribution in [0.1, 0.15) is 16.0 Å². The Balaban J connectivity index is 1.55. The molecule has 124 valence electrons. The van der Waals surface area contributed by atoms with Gasteiger partial charge < -0.3 is 10.2 Å². The van der Waals surface area contributed by atoms with Gasteiger partial charge in [-0.1, -0.05) is 18.2 Å². The molecule has 5 nitrogen and oxygen atoms in total. The van der Waals surface area contributed by atoms with Gasteiger partial charge in [-0.2, -0.15) is 5.10 Å². The molecule has 0 unspecified atom stereocenters. The van der Waals surface area contributed by atoms with Crippen LogP contribution in [0.4, 0.5) is 4.79 Å². The van der Waals surface area contributed by atoms with Gasteiger partial charge in [0.1, 0.15) is 0 Å². The molecular formula is C18H20N4OS. The second-order valence-electron chi connectivity index (χ2n) is 5.67. The van der Waals surface area contributed by atoms with E-state index in [1.807, 2.05) is 49.0 Å². The van der Waals surface area contributed by atoms with Crippen molar-refractivity contribution in [3.8, 4) is 5.69 Å². The Hall–Kier alpha value is -2.60. The van der Waals surface area contributed by atoms with Gasteiger partial charge in [0, 0.05) is 30.2 Å². The van der Waals surface area contributed by atoms with Crippen molar-refractivity contribution in [2.24, 2.45) is 0 Å². The van der Waals surface area contributed by atoms with Crippen LogP contribution in [0.15, 0.2) is 54.2 Å². The van der Waals surface area contributed by atoms with Crippen molar-refractivity contribution in [1.29, 1.82) is 0 Å². The summed E-state index contributed by atoms with van der Waals surface area (Å²) in [5.41, 5.74) is 3.19. The molecule has 3 aromatic rings. The molecule has 1 aromatic carbocycles. The Labute approximate surface area is 145 Å². The molecule has 0 aliphatic carbocycles. The zero-order chi connectivity index (χ0) is 16.9. The fourth-order valence-electron chi connectivity index (χ4n) is 2.34. The number of amides is 2. The molecule has 6 heteroatoms. The Bertz CT molecular complexity index is 809. The summed E-state index contributed by atoms with van der Waals surface area (Å²) in [5.74, 6) is 0. The Morgan fingerprint density at radius 2 is 2.08 bits per heavy atom. The van der Waals surface area contributed by atoms with Crippen molar-refractivity contribution >= 4 is 17.4 Å². The lowest BCUT2D eigenvalue weighted by Gasteiger charge is -2.17. The second-order valence-corrected chi connectivity index (χ2v) is 6.67. The number of aryl methyl sites for hydroxylation is 1. The molecule has 0 bridgehead atoms. The van der Waals surface area contributed by atoms with E-state index >= 15 is 0 Å². The highest BCUT2D eigenvalue weighted by atomic mass is 32.1. The fraction of sp³-hybridized carbons (Fsp3) is 0.222. The molecule has 0 radical (unpaired) electrons. The molecule has 2 amide bonds. The maximum Gasteiger partial charge on any atom is 0.317 e. The monoisotopic (exact) mass is 340 g/mol. The van der Waals surface area contributed by atoms with Crippen molar-refractivity contribution in [2.45, 2.75) is 20.0 Å².